The Kier molecular flexibility index (Phi) is 4.80. The van der Waals surface area contributed by atoms with Gasteiger partial charge in [0.25, 0.3) is 0 Å². The summed E-state index contributed by atoms with van der Waals surface area (Å²) >= 11 is 0. The van der Waals surface area contributed by atoms with Crippen molar-refractivity contribution in [1.82, 2.24) is 9.97 Å². The van der Waals surface area contributed by atoms with Gasteiger partial charge in [-0.15, -0.1) is 0 Å². The first-order chi connectivity index (χ1) is 16.6. The second kappa shape index (κ2) is 7.52. The summed E-state index contributed by atoms with van der Waals surface area (Å²) in [5, 5.41) is 30.8. The highest BCUT2D eigenvalue weighted by Crippen LogP contribution is 2.42. The first kappa shape index (κ1) is 22.3. The van der Waals surface area contributed by atoms with Gasteiger partial charge in [0, 0.05) is 10.8 Å². The number of hydrogen-bond acceptors (Lipinski definition) is 4. The predicted molar refractivity (Wildman–Crippen MR) is 122 cm³/mol. The fourth-order valence-electron chi connectivity index (χ4n) is 4.23. The van der Waals surface area contributed by atoms with Crippen LogP contribution >= 0.6 is 0 Å². The molecule has 0 aliphatic heterocycles. The van der Waals surface area contributed by atoms with Crippen LogP contribution in [0.4, 0.5) is 17.6 Å². The number of fused-ring (bicyclic) bond motifs is 6. The summed E-state index contributed by atoms with van der Waals surface area (Å²) in [6, 6.07) is 16.5. The Morgan fingerprint density at radius 1 is 0.914 bits per heavy atom. The molecule has 0 spiro atoms. The normalized spacial score (nSPS) is 13.6. The third-order valence-corrected chi connectivity index (χ3v) is 6.17. The molecule has 0 fully saturated rings. The molecule has 5 nitrogen and oxygen atoms in total. The van der Waals surface area contributed by atoms with Crippen LogP contribution < -0.4 is 0 Å². The van der Waals surface area contributed by atoms with Crippen LogP contribution in [-0.4, -0.2) is 21.3 Å². The molecule has 1 aromatic heterocycles. The van der Waals surface area contributed by atoms with E-state index in [1.165, 1.54) is 42.5 Å². The van der Waals surface area contributed by atoms with Gasteiger partial charge in [0.15, 0.2) is 5.60 Å². The van der Waals surface area contributed by atoms with E-state index in [-0.39, 0.29) is 28.1 Å². The lowest BCUT2D eigenvalue weighted by atomic mass is 9.90. The van der Waals surface area contributed by atoms with E-state index in [4.69, 9.17) is 0 Å². The van der Waals surface area contributed by atoms with Crippen LogP contribution in [0.5, 0.6) is 0 Å². The van der Waals surface area contributed by atoms with Gasteiger partial charge in [-0.1, -0.05) is 24.3 Å². The molecule has 0 aliphatic carbocycles. The zero-order chi connectivity index (χ0) is 25.1. The monoisotopic (exact) mass is 474 g/mol. The first-order valence-corrected chi connectivity index (χ1v) is 10.3. The Morgan fingerprint density at radius 3 is 2.31 bits per heavy atom. The highest BCUT2D eigenvalue weighted by Gasteiger charge is 2.51. The number of nitrogens with one attached hydrogen (secondary N) is 1. The molecular weight excluding hydrogens is 460 g/mol. The van der Waals surface area contributed by atoms with Crippen molar-refractivity contribution in [3.05, 3.63) is 77.1 Å². The molecule has 35 heavy (non-hydrogen) atoms. The minimum atomic E-state index is -4.92. The minimum Gasteiger partial charge on any atom is -0.376 e. The van der Waals surface area contributed by atoms with Crippen molar-refractivity contribution >= 4 is 32.6 Å². The molecule has 0 saturated heterocycles. The van der Waals surface area contributed by atoms with Gasteiger partial charge in [0.2, 0.25) is 0 Å². The molecule has 1 heterocycles. The molecule has 0 saturated carbocycles. The number of nitrogens with zero attached hydrogens (tertiary/aromatic N) is 3. The van der Waals surface area contributed by atoms with E-state index in [0.717, 1.165) is 0 Å². The third kappa shape index (κ3) is 3.29. The number of rotatable bonds is 2. The lowest BCUT2D eigenvalue weighted by molar-refractivity contribution is -0.258. The SMILES string of the molecule is CC(O)(c1ccc2c(c1)c1cc(C#N)ccc1c1nc(-c3c(F)cccc3C#N)[nH]c21)C(F)(F)F. The summed E-state index contributed by atoms with van der Waals surface area (Å²) in [5.41, 5.74) is -2.36. The Bertz CT molecular complexity index is 1750. The number of aliphatic hydroxyl groups is 1. The maximum Gasteiger partial charge on any atom is 0.421 e. The summed E-state index contributed by atoms with van der Waals surface area (Å²) in [7, 11) is 0. The highest BCUT2D eigenvalue weighted by atomic mass is 19.4. The maximum absolute atomic E-state index is 14.7. The summed E-state index contributed by atoms with van der Waals surface area (Å²) < 4.78 is 55.3. The van der Waals surface area contributed by atoms with Crippen molar-refractivity contribution in [3.8, 4) is 23.5 Å². The van der Waals surface area contributed by atoms with Crippen LogP contribution in [0, 0.1) is 28.5 Å². The van der Waals surface area contributed by atoms with Crippen LogP contribution in [0.15, 0.2) is 54.6 Å². The largest absolute Gasteiger partial charge is 0.421 e. The average Bonchev–Trinajstić information content (AvgIpc) is 3.27. The quantitative estimate of drug-likeness (QED) is 0.236. The lowest BCUT2D eigenvalue weighted by Crippen LogP contribution is -2.39. The van der Waals surface area contributed by atoms with Crippen LogP contribution in [0.1, 0.15) is 23.6 Å². The molecule has 1 atom stereocenters. The number of aromatic nitrogens is 2. The molecular formula is C26H14F4N4O. The average molecular weight is 474 g/mol. The molecule has 9 heteroatoms. The first-order valence-electron chi connectivity index (χ1n) is 10.3. The van der Waals surface area contributed by atoms with Crippen molar-refractivity contribution in [2.24, 2.45) is 0 Å². The molecule has 0 aliphatic rings. The van der Waals surface area contributed by atoms with E-state index in [9.17, 15) is 33.2 Å². The van der Waals surface area contributed by atoms with Crippen molar-refractivity contribution in [3.63, 3.8) is 0 Å². The Labute approximate surface area is 195 Å². The zero-order valence-electron chi connectivity index (χ0n) is 18.0. The van der Waals surface area contributed by atoms with Gasteiger partial charge in [-0.3, -0.25) is 0 Å². The third-order valence-electron chi connectivity index (χ3n) is 6.17. The standard InChI is InChI=1S/C26H14F4N4O/c1-25(35,26(28,29)30)15-6-8-17-19(10-15)18-9-13(11-31)5-7-16(18)22-23(17)34-24(33-22)21-14(12-32)3-2-4-20(21)27/h2-10,35H,1H3,(H,33,34). The lowest BCUT2D eigenvalue weighted by Gasteiger charge is -2.27. The van der Waals surface area contributed by atoms with Crippen molar-refractivity contribution < 1.29 is 22.7 Å². The summed E-state index contributed by atoms with van der Waals surface area (Å²) in [5.74, 6) is -0.578. The number of aromatic amines is 1. The summed E-state index contributed by atoms with van der Waals surface area (Å²) in [6.07, 6.45) is -4.92. The van der Waals surface area contributed by atoms with Crippen LogP contribution in [0.25, 0.3) is 44.0 Å². The van der Waals surface area contributed by atoms with Crippen LogP contribution in [-0.2, 0) is 5.60 Å². The number of hydrogen-bond donors (Lipinski definition) is 2. The Hall–Kier alpha value is -4.47. The van der Waals surface area contributed by atoms with E-state index in [1.54, 1.807) is 12.1 Å². The molecule has 0 radical (unpaired) electrons. The topological polar surface area (TPSA) is 96.5 Å². The fourth-order valence-corrected chi connectivity index (χ4v) is 4.23. The molecule has 4 aromatic carbocycles. The molecule has 0 amide bonds. The molecule has 5 aromatic rings. The van der Waals surface area contributed by atoms with Gasteiger partial charge in [0.1, 0.15) is 11.6 Å². The molecule has 2 N–H and O–H groups in total. The predicted octanol–water partition coefficient (Wildman–Crippen LogP) is 6.19. The van der Waals surface area contributed by atoms with Gasteiger partial charge in [-0.05, 0) is 53.6 Å². The van der Waals surface area contributed by atoms with E-state index >= 15 is 0 Å². The van der Waals surface area contributed by atoms with Crippen molar-refractivity contribution in [2.75, 3.05) is 0 Å². The van der Waals surface area contributed by atoms with Gasteiger partial charge in [-0.25, -0.2) is 9.37 Å². The van der Waals surface area contributed by atoms with Crippen molar-refractivity contribution in [2.45, 2.75) is 18.7 Å². The zero-order valence-corrected chi connectivity index (χ0v) is 18.0. The number of benzene rings is 4. The molecule has 172 valence electrons. The Morgan fingerprint density at radius 2 is 1.63 bits per heavy atom. The second-order valence-electron chi connectivity index (χ2n) is 8.29. The highest BCUT2D eigenvalue weighted by molar-refractivity contribution is 6.24. The number of nitriles is 2. The fraction of sp³-hybridized carbons (Fsp3) is 0.115. The van der Waals surface area contributed by atoms with Crippen molar-refractivity contribution in [1.29, 1.82) is 10.5 Å². The van der Waals surface area contributed by atoms with Gasteiger partial charge in [-0.2, -0.15) is 23.7 Å². The summed E-state index contributed by atoms with van der Waals surface area (Å²) in [6.45, 7) is 0.672. The minimum absolute atomic E-state index is 0.0298. The van der Waals surface area contributed by atoms with E-state index < -0.39 is 17.6 Å². The smallest absolute Gasteiger partial charge is 0.376 e. The number of halogens is 4. The molecule has 0 bridgehead atoms. The van der Waals surface area contributed by atoms with E-state index in [1.807, 2.05) is 12.1 Å². The van der Waals surface area contributed by atoms with Crippen LogP contribution in [0.2, 0.25) is 0 Å². The van der Waals surface area contributed by atoms with Gasteiger partial charge >= 0.3 is 6.18 Å². The van der Waals surface area contributed by atoms with E-state index in [0.29, 0.717) is 39.5 Å². The molecule has 5 rings (SSSR count). The second-order valence-corrected chi connectivity index (χ2v) is 8.29. The molecule has 1 unspecified atom stereocenters. The van der Waals surface area contributed by atoms with Crippen LogP contribution in [0.3, 0.4) is 0 Å². The number of imidazole rings is 1. The summed E-state index contributed by atoms with van der Waals surface area (Å²) in [4.78, 5) is 7.57. The number of H-pyrrole nitrogens is 1. The van der Waals surface area contributed by atoms with Gasteiger partial charge < -0.3 is 10.1 Å². The van der Waals surface area contributed by atoms with E-state index in [2.05, 4.69) is 9.97 Å². The van der Waals surface area contributed by atoms with Gasteiger partial charge in [0.05, 0.1) is 39.9 Å². The number of alkyl halides is 3. The maximum atomic E-state index is 14.7. The Balaban J connectivity index is 1.92.